The van der Waals surface area contributed by atoms with Crippen LogP contribution in [0.3, 0.4) is 0 Å². The van der Waals surface area contributed by atoms with E-state index >= 15 is 0 Å². The first-order chi connectivity index (χ1) is 7.84. The van der Waals surface area contributed by atoms with Crippen molar-refractivity contribution in [3.63, 3.8) is 0 Å². The van der Waals surface area contributed by atoms with Gasteiger partial charge >= 0.3 is 0 Å². The molecule has 0 saturated carbocycles. The second-order valence-electron chi connectivity index (χ2n) is 4.09. The predicted molar refractivity (Wildman–Crippen MR) is 68.5 cm³/mol. The zero-order valence-electron chi connectivity index (χ0n) is 9.20. The van der Waals surface area contributed by atoms with Crippen LogP contribution in [-0.2, 0) is 0 Å². The van der Waals surface area contributed by atoms with E-state index in [9.17, 15) is 0 Å². The van der Waals surface area contributed by atoms with Crippen molar-refractivity contribution in [1.29, 1.82) is 0 Å². The molecular formula is C15H13N. The fourth-order valence-corrected chi connectivity index (χ4v) is 2.15. The van der Waals surface area contributed by atoms with E-state index in [2.05, 4.69) is 60.4 Å². The second-order valence-corrected chi connectivity index (χ2v) is 4.09. The van der Waals surface area contributed by atoms with Gasteiger partial charge in [0, 0.05) is 16.6 Å². The van der Waals surface area contributed by atoms with Crippen LogP contribution in [0.5, 0.6) is 0 Å². The Morgan fingerprint density at radius 1 is 0.875 bits per heavy atom. The molecule has 0 spiro atoms. The summed E-state index contributed by atoms with van der Waals surface area (Å²) in [4.78, 5) is 3.43. The molecule has 78 valence electrons. The molecule has 2 aromatic carbocycles. The summed E-state index contributed by atoms with van der Waals surface area (Å²) in [6.07, 6.45) is 0. The Labute approximate surface area is 94.7 Å². The van der Waals surface area contributed by atoms with Crippen LogP contribution in [0, 0.1) is 6.92 Å². The molecule has 0 amide bonds. The lowest BCUT2D eigenvalue weighted by Gasteiger charge is -2.02. The summed E-state index contributed by atoms with van der Waals surface area (Å²) in [5, 5.41) is 1.28. The molecular weight excluding hydrogens is 194 g/mol. The third kappa shape index (κ3) is 1.41. The minimum absolute atomic E-state index is 1.21. The Morgan fingerprint density at radius 3 is 2.50 bits per heavy atom. The van der Waals surface area contributed by atoms with Crippen LogP contribution in [0.15, 0.2) is 54.6 Å². The largest absolute Gasteiger partial charge is 0.358 e. The number of fused-ring (bicyclic) bond motifs is 1. The third-order valence-electron chi connectivity index (χ3n) is 2.88. The first-order valence-corrected chi connectivity index (χ1v) is 5.48. The van der Waals surface area contributed by atoms with Gasteiger partial charge in [0.1, 0.15) is 0 Å². The first kappa shape index (κ1) is 9.22. The molecule has 1 heteroatoms. The smallest absolute Gasteiger partial charge is 0.0535 e. The van der Waals surface area contributed by atoms with Gasteiger partial charge < -0.3 is 4.98 Å². The van der Waals surface area contributed by atoms with E-state index in [4.69, 9.17) is 0 Å². The standard InChI is InChI=1S/C15H13N/c1-11-10-13-8-5-9-14(15(13)16-11)12-6-3-2-4-7-12/h2-10,16H,1H3. The van der Waals surface area contributed by atoms with Crippen molar-refractivity contribution in [2.24, 2.45) is 0 Å². The Balaban J connectivity index is 2.31. The minimum Gasteiger partial charge on any atom is -0.358 e. The van der Waals surface area contributed by atoms with Crippen LogP contribution >= 0.6 is 0 Å². The zero-order chi connectivity index (χ0) is 11.0. The molecule has 0 fully saturated rings. The Morgan fingerprint density at radius 2 is 1.69 bits per heavy atom. The van der Waals surface area contributed by atoms with Gasteiger partial charge in [0.25, 0.3) is 0 Å². The molecule has 16 heavy (non-hydrogen) atoms. The van der Waals surface area contributed by atoms with Gasteiger partial charge in [0.05, 0.1) is 5.52 Å². The number of aromatic nitrogens is 1. The van der Waals surface area contributed by atoms with Gasteiger partial charge in [-0.1, -0.05) is 48.5 Å². The van der Waals surface area contributed by atoms with Crippen molar-refractivity contribution in [3.8, 4) is 11.1 Å². The van der Waals surface area contributed by atoms with Gasteiger partial charge in [-0.2, -0.15) is 0 Å². The molecule has 0 aliphatic carbocycles. The Bertz CT molecular complexity index is 620. The lowest BCUT2D eigenvalue weighted by molar-refractivity contribution is 1.30. The molecule has 0 bridgehead atoms. The maximum atomic E-state index is 3.43. The predicted octanol–water partition coefficient (Wildman–Crippen LogP) is 4.14. The number of aryl methyl sites for hydroxylation is 1. The van der Waals surface area contributed by atoms with Crippen molar-refractivity contribution in [2.75, 3.05) is 0 Å². The molecule has 1 nitrogen and oxygen atoms in total. The molecule has 0 atom stereocenters. The molecule has 0 aliphatic rings. The maximum Gasteiger partial charge on any atom is 0.0535 e. The summed E-state index contributed by atoms with van der Waals surface area (Å²) in [5.74, 6) is 0. The highest BCUT2D eigenvalue weighted by atomic mass is 14.7. The second kappa shape index (κ2) is 3.53. The Hall–Kier alpha value is -2.02. The van der Waals surface area contributed by atoms with Crippen LogP contribution in [-0.4, -0.2) is 4.98 Å². The summed E-state index contributed by atoms with van der Waals surface area (Å²) >= 11 is 0. The normalized spacial score (nSPS) is 10.8. The molecule has 3 aromatic rings. The van der Waals surface area contributed by atoms with Crippen molar-refractivity contribution in [3.05, 3.63) is 60.3 Å². The number of benzene rings is 2. The third-order valence-corrected chi connectivity index (χ3v) is 2.88. The van der Waals surface area contributed by atoms with Gasteiger partial charge in [-0.3, -0.25) is 0 Å². The highest BCUT2D eigenvalue weighted by Crippen LogP contribution is 2.28. The number of para-hydroxylation sites is 1. The average molecular weight is 207 g/mol. The van der Waals surface area contributed by atoms with E-state index < -0.39 is 0 Å². The van der Waals surface area contributed by atoms with Gasteiger partial charge in [-0.25, -0.2) is 0 Å². The van der Waals surface area contributed by atoms with E-state index in [1.165, 1.54) is 27.7 Å². The summed E-state index contributed by atoms with van der Waals surface area (Å²) in [7, 11) is 0. The van der Waals surface area contributed by atoms with Gasteiger partial charge in [0.2, 0.25) is 0 Å². The number of hydrogen-bond acceptors (Lipinski definition) is 0. The maximum absolute atomic E-state index is 3.43. The van der Waals surface area contributed by atoms with Crippen molar-refractivity contribution >= 4 is 10.9 Å². The van der Waals surface area contributed by atoms with Crippen LogP contribution in [0.2, 0.25) is 0 Å². The quantitative estimate of drug-likeness (QED) is 0.617. The summed E-state index contributed by atoms with van der Waals surface area (Å²) in [6, 6.07) is 19.1. The number of H-pyrrole nitrogens is 1. The summed E-state index contributed by atoms with van der Waals surface area (Å²) in [5.41, 5.74) is 4.96. The van der Waals surface area contributed by atoms with Crippen molar-refractivity contribution < 1.29 is 0 Å². The van der Waals surface area contributed by atoms with Crippen LogP contribution in [0.1, 0.15) is 5.69 Å². The van der Waals surface area contributed by atoms with Crippen LogP contribution < -0.4 is 0 Å². The highest BCUT2D eigenvalue weighted by molar-refractivity contribution is 5.94. The first-order valence-electron chi connectivity index (χ1n) is 5.48. The number of aromatic amines is 1. The highest BCUT2D eigenvalue weighted by Gasteiger charge is 2.04. The Kier molecular flexibility index (Phi) is 2.03. The molecule has 0 radical (unpaired) electrons. The van der Waals surface area contributed by atoms with E-state index in [1.54, 1.807) is 0 Å². The monoisotopic (exact) mass is 207 g/mol. The van der Waals surface area contributed by atoms with Gasteiger partial charge in [0.15, 0.2) is 0 Å². The lowest BCUT2D eigenvalue weighted by atomic mass is 10.0. The van der Waals surface area contributed by atoms with Crippen molar-refractivity contribution in [2.45, 2.75) is 6.92 Å². The molecule has 1 aromatic heterocycles. The van der Waals surface area contributed by atoms with Gasteiger partial charge in [-0.15, -0.1) is 0 Å². The average Bonchev–Trinajstić information content (AvgIpc) is 2.70. The topological polar surface area (TPSA) is 15.8 Å². The van der Waals surface area contributed by atoms with Crippen molar-refractivity contribution in [1.82, 2.24) is 4.98 Å². The summed E-state index contributed by atoms with van der Waals surface area (Å²) < 4.78 is 0. The zero-order valence-corrected chi connectivity index (χ0v) is 9.20. The molecule has 3 rings (SSSR count). The van der Waals surface area contributed by atoms with E-state index in [0.29, 0.717) is 0 Å². The SMILES string of the molecule is Cc1cc2cccc(-c3ccccc3)c2[nH]1. The number of nitrogens with one attached hydrogen (secondary N) is 1. The number of rotatable bonds is 1. The van der Waals surface area contributed by atoms with Crippen LogP contribution in [0.25, 0.3) is 22.0 Å². The van der Waals surface area contributed by atoms with E-state index in [0.717, 1.165) is 0 Å². The molecule has 1 heterocycles. The summed E-state index contributed by atoms with van der Waals surface area (Å²) in [6.45, 7) is 2.09. The fourth-order valence-electron chi connectivity index (χ4n) is 2.15. The molecule has 0 aliphatic heterocycles. The molecule has 1 N–H and O–H groups in total. The lowest BCUT2D eigenvalue weighted by Crippen LogP contribution is -1.79. The minimum atomic E-state index is 1.21. The van der Waals surface area contributed by atoms with E-state index in [-0.39, 0.29) is 0 Å². The number of hydrogen-bond donors (Lipinski definition) is 1. The molecule has 0 saturated heterocycles. The van der Waals surface area contributed by atoms with Crippen LogP contribution in [0.4, 0.5) is 0 Å². The molecule has 0 unspecified atom stereocenters. The fraction of sp³-hybridized carbons (Fsp3) is 0.0667. The van der Waals surface area contributed by atoms with E-state index in [1.807, 2.05) is 6.07 Å². The van der Waals surface area contributed by atoms with Gasteiger partial charge in [-0.05, 0) is 18.6 Å².